The summed E-state index contributed by atoms with van der Waals surface area (Å²) in [5, 5.41) is 17.9. The second-order valence-electron chi connectivity index (χ2n) is 12.6. The number of benzene rings is 1. The molecule has 6 heterocycles. The highest BCUT2D eigenvalue weighted by Crippen LogP contribution is 2.36. The Morgan fingerprint density at radius 2 is 1.31 bits per heavy atom. The molecular weight excluding hydrogens is 735 g/mol. The number of nitrogens with one attached hydrogen (secondary N) is 2. The summed E-state index contributed by atoms with van der Waals surface area (Å²) in [6.45, 7) is 7.59. The summed E-state index contributed by atoms with van der Waals surface area (Å²) in [5.41, 5.74) is 6.12. The number of nitriles is 2. The van der Waals surface area contributed by atoms with Crippen LogP contribution >= 0.6 is 27.5 Å². The fraction of sp³-hybridized carbons (Fsp3) is 0.389. The van der Waals surface area contributed by atoms with Gasteiger partial charge in [0.25, 0.3) is 0 Å². The third-order valence-electron chi connectivity index (χ3n) is 9.40. The van der Waals surface area contributed by atoms with E-state index in [0.29, 0.717) is 23.5 Å². The zero-order valence-corrected chi connectivity index (χ0v) is 30.7. The molecule has 0 atom stereocenters. The van der Waals surface area contributed by atoms with E-state index < -0.39 is 5.82 Å². The average molecular weight is 772 g/mol. The van der Waals surface area contributed by atoms with Gasteiger partial charge in [0, 0.05) is 67.4 Å². The minimum Gasteiger partial charge on any atom is -0.356 e. The zero-order chi connectivity index (χ0) is 35.9. The largest absolute Gasteiger partial charge is 0.356 e. The van der Waals surface area contributed by atoms with Gasteiger partial charge in [-0.05, 0) is 73.2 Å². The summed E-state index contributed by atoms with van der Waals surface area (Å²) in [4.78, 5) is 37.3. The van der Waals surface area contributed by atoms with Crippen LogP contribution in [-0.2, 0) is 12.8 Å². The number of aromatic amines is 2. The van der Waals surface area contributed by atoms with E-state index in [9.17, 15) is 4.39 Å². The Morgan fingerprint density at radius 1 is 0.804 bits per heavy atom. The van der Waals surface area contributed by atoms with E-state index in [4.69, 9.17) is 22.1 Å². The molecule has 4 aromatic heterocycles. The van der Waals surface area contributed by atoms with Crippen LogP contribution in [0.4, 0.5) is 16.0 Å². The summed E-state index contributed by atoms with van der Waals surface area (Å²) in [7, 11) is 0. The third-order valence-corrected chi connectivity index (χ3v) is 10.2. The van der Waals surface area contributed by atoms with Crippen LogP contribution in [0.1, 0.15) is 71.9 Å². The lowest BCUT2D eigenvalue weighted by atomic mass is 9.92. The second kappa shape index (κ2) is 16.4. The van der Waals surface area contributed by atoms with Crippen molar-refractivity contribution in [2.75, 3.05) is 36.0 Å². The average Bonchev–Trinajstić information content (AvgIpc) is 3.78. The lowest BCUT2D eigenvalue weighted by Crippen LogP contribution is -2.34. The number of anilines is 2. The maximum atomic E-state index is 13.6. The number of halogens is 3. The van der Waals surface area contributed by atoms with Crippen molar-refractivity contribution in [2.45, 2.75) is 64.2 Å². The summed E-state index contributed by atoms with van der Waals surface area (Å²) in [6, 6.07) is 8.80. The predicted molar refractivity (Wildman–Crippen MR) is 196 cm³/mol. The first-order valence-corrected chi connectivity index (χ1v) is 18.0. The lowest BCUT2D eigenvalue weighted by Gasteiger charge is -2.33. The minimum atomic E-state index is -0.464. The number of hydrogen-bond donors (Lipinski definition) is 2. The number of hydrogen-bond acceptors (Lipinski definition) is 10. The molecule has 0 aliphatic carbocycles. The molecule has 2 aliphatic heterocycles. The summed E-state index contributed by atoms with van der Waals surface area (Å²) >= 11 is 9.51. The molecule has 262 valence electrons. The van der Waals surface area contributed by atoms with Crippen molar-refractivity contribution in [3.63, 3.8) is 0 Å². The zero-order valence-electron chi connectivity index (χ0n) is 28.4. The molecule has 0 bridgehead atoms. The Bertz CT molecular complexity index is 2050. The number of rotatable bonds is 7. The first-order valence-electron chi connectivity index (χ1n) is 16.8. The lowest BCUT2D eigenvalue weighted by molar-refractivity contribution is 0.492. The van der Waals surface area contributed by atoms with Gasteiger partial charge in [0.2, 0.25) is 0 Å². The van der Waals surface area contributed by atoms with E-state index in [1.54, 1.807) is 37.2 Å². The van der Waals surface area contributed by atoms with Gasteiger partial charge in [-0.25, -0.2) is 34.3 Å². The molecule has 7 rings (SSSR count). The fourth-order valence-electron chi connectivity index (χ4n) is 6.73. The van der Waals surface area contributed by atoms with E-state index >= 15 is 0 Å². The van der Waals surface area contributed by atoms with Crippen molar-refractivity contribution in [2.24, 2.45) is 0 Å². The molecule has 0 amide bonds. The molecule has 2 saturated heterocycles. The molecule has 12 nitrogen and oxygen atoms in total. The molecule has 1 aromatic carbocycles. The van der Waals surface area contributed by atoms with Crippen molar-refractivity contribution in [3.05, 3.63) is 93.0 Å². The molecule has 2 N–H and O–H groups in total. The predicted octanol–water partition coefficient (Wildman–Crippen LogP) is 7.14. The van der Waals surface area contributed by atoms with E-state index in [1.165, 1.54) is 11.8 Å². The van der Waals surface area contributed by atoms with Crippen LogP contribution < -0.4 is 9.80 Å². The van der Waals surface area contributed by atoms with E-state index in [0.717, 1.165) is 96.2 Å². The molecule has 0 saturated carbocycles. The van der Waals surface area contributed by atoms with Crippen LogP contribution in [0.2, 0.25) is 5.02 Å². The fourth-order valence-corrected chi connectivity index (χ4v) is 7.36. The maximum Gasteiger partial charge on any atom is 0.146 e. The van der Waals surface area contributed by atoms with Crippen molar-refractivity contribution in [3.8, 4) is 23.3 Å². The van der Waals surface area contributed by atoms with Crippen molar-refractivity contribution < 1.29 is 4.39 Å². The molecule has 51 heavy (non-hydrogen) atoms. The van der Waals surface area contributed by atoms with Gasteiger partial charge in [-0.15, -0.1) is 0 Å². The first kappa shape index (κ1) is 35.9. The number of H-pyrrole nitrogens is 2. The topological polar surface area (TPSA) is 163 Å². The van der Waals surface area contributed by atoms with Gasteiger partial charge in [0.1, 0.15) is 29.1 Å². The van der Waals surface area contributed by atoms with Crippen molar-refractivity contribution >= 4 is 39.2 Å². The smallest absolute Gasteiger partial charge is 0.146 e. The second-order valence-corrected chi connectivity index (χ2v) is 13.9. The molecule has 15 heteroatoms. The van der Waals surface area contributed by atoms with Gasteiger partial charge in [-0.3, -0.25) is 0 Å². The molecule has 5 aromatic rings. The molecule has 0 unspecified atom stereocenters. The monoisotopic (exact) mass is 770 g/mol. The number of nitrogens with zero attached hydrogens (tertiary/aromatic N) is 10. The highest BCUT2D eigenvalue weighted by molar-refractivity contribution is 9.10. The van der Waals surface area contributed by atoms with E-state index in [2.05, 4.69) is 84.7 Å². The van der Waals surface area contributed by atoms with E-state index in [-0.39, 0.29) is 17.9 Å². The Morgan fingerprint density at radius 3 is 1.80 bits per heavy atom. The van der Waals surface area contributed by atoms with Crippen LogP contribution in [0.25, 0.3) is 11.1 Å². The SMILES string of the molecule is Cc1[nH]cnc1C1CCN(c2nc(CC#N)ncc2-c2ccc(F)c(Cl)c2)CC1.Cc1[nH]cnc1C1CCN(c2nc(CC#N)ncc2Br)CC1. The van der Waals surface area contributed by atoms with Crippen LogP contribution in [0.5, 0.6) is 0 Å². The highest BCUT2D eigenvalue weighted by atomic mass is 79.9. The minimum absolute atomic E-state index is 0.0577. The quantitative estimate of drug-likeness (QED) is 0.174. The standard InChI is InChI=1S/C21H20ClFN6.C15H17BrN6/c1-13-20(27-12-26-13)14-5-8-29(9-6-14)21-16(11-25-19(28-21)4-7-24)15-2-3-18(23)17(22)10-15;1-10-14(20-9-19-10)11-3-6-22(7-4-11)15-12(16)8-18-13(21-15)2-5-17/h2-3,10-12,14H,4-6,8-9H2,1H3,(H,26,27);8-9,11H,2-4,6-7H2,1H3,(H,19,20). The number of aryl methyl sites for hydroxylation is 2. The molecule has 0 radical (unpaired) electrons. The van der Waals surface area contributed by atoms with Crippen LogP contribution in [0, 0.1) is 42.3 Å². The summed E-state index contributed by atoms with van der Waals surface area (Å²) < 4.78 is 14.5. The van der Waals surface area contributed by atoms with E-state index in [1.807, 2.05) is 6.92 Å². The Balaban J connectivity index is 0.000000183. The number of imidazole rings is 2. The highest BCUT2D eigenvalue weighted by Gasteiger charge is 2.27. The summed E-state index contributed by atoms with van der Waals surface area (Å²) in [6.07, 6.45) is 11.3. The third kappa shape index (κ3) is 8.35. The van der Waals surface area contributed by atoms with Gasteiger partial charge in [-0.2, -0.15) is 10.5 Å². The molecule has 2 fully saturated rings. The van der Waals surface area contributed by atoms with Gasteiger partial charge >= 0.3 is 0 Å². The number of piperidine rings is 2. The van der Waals surface area contributed by atoms with Crippen LogP contribution in [0.15, 0.2) is 47.7 Å². The molecule has 0 spiro atoms. The maximum absolute atomic E-state index is 13.6. The Hall–Kier alpha value is -4.92. The van der Waals surface area contributed by atoms with Gasteiger partial charge in [0.05, 0.1) is 58.5 Å². The first-order chi connectivity index (χ1) is 24.7. The summed E-state index contributed by atoms with van der Waals surface area (Å²) in [5.74, 6) is 3.13. The molecule has 2 aliphatic rings. The van der Waals surface area contributed by atoms with Crippen molar-refractivity contribution in [1.82, 2.24) is 39.9 Å². The van der Waals surface area contributed by atoms with Gasteiger partial charge in [0.15, 0.2) is 0 Å². The normalized spacial score (nSPS) is 15.2. The van der Waals surface area contributed by atoms with Gasteiger partial charge < -0.3 is 19.8 Å². The molecular formula is C36H37BrClFN12. The Kier molecular flexibility index (Phi) is 11.5. The Labute approximate surface area is 309 Å². The van der Waals surface area contributed by atoms with Crippen molar-refractivity contribution in [1.29, 1.82) is 10.5 Å². The number of aromatic nitrogens is 8. The van der Waals surface area contributed by atoms with Gasteiger partial charge in [-0.1, -0.05) is 17.7 Å². The van der Waals surface area contributed by atoms with Crippen LogP contribution in [-0.4, -0.2) is 66.1 Å². The van der Waals surface area contributed by atoms with Crippen LogP contribution in [0.3, 0.4) is 0 Å².